The molecule has 7 heteroatoms. The van der Waals surface area contributed by atoms with Crippen LogP contribution in [0.15, 0.2) is 12.1 Å². The van der Waals surface area contributed by atoms with Crippen molar-refractivity contribution in [1.82, 2.24) is 4.90 Å². The zero-order valence-corrected chi connectivity index (χ0v) is 10.4. The SMILES string of the molecule is N#Cc1ccc2c(c1O)CCN(C(=O)C(F)(F)F)CC2. The van der Waals surface area contributed by atoms with Gasteiger partial charge in [-0.1, -0.05) is 6.07 Å². The van der Waals surface area contributed by atoms with Crippen LogP contribution in [0.2, 0.25) is 0 Å². The van der Waals surface area contributed by atoms with Gasteiger partial charge in [-0.3, -0.25) is 4.79 Å². The molecule has 106 valence electrons. The van der Waals surface area contributed by atoms with Crippen LogP contribution in [0.4, 0.5) is 13.2 Å². The van der Waals surface area contributed by atoms with E-state index in [1.165, 1.54) is 6.07 Å². The third-order valence-electron chi connectivity index (χ3n) is 3.31. The van der Waals surface area contributed by atoms with Crippen molar-refractivity contribution in [3.63, 3.8) is 0 Å². The monoisotopic (exact) mass is 284 g/mol. The highest BCUT2D eigenvalue weighted by molar-refractivity contribution is 5.82. The van der Waals surface area contributed by atoms with Crippen LogP contribution in [0.3, 0.4) is 0 Å². The fourth-order valence-electron chi connectivity index (χ4n) is 2.28. The Kier molecular flexibility index (Phi) is 3.57. The third-order valence-corrected chi connectivity index (χ3v) is 3.31. The molecule has 0 unspecified atom stereocenters. The molecule has 0 saturated heterocycles. The molecule has 0 fully saturated rings. The van der Waals surface area contributed by atoms with Gasteiger partial charge in [0.05, 0.1) is 5.56 Å². The fraction of sp³-hybridized carbons (Fsp3) is 0.385. The van der Waals surface area contributed by atoms with Crippen molar-refractivity contribution in [2.75, 3.05) is 13.1 Å². The van der Waals surface area contributed by atoms with Gasteiger partial charge < -0.3 is 10.0 Å². The Morgan fingerprint density at radius 1 is 1.30 bits per heavy atom. The van der Waals surface area contributed by atoms with E-state index in [1.807, 2.05) is 6.07 Å². The zero-order chi connectivity index (χ0) is 14.9. The summed E-state index contributed by atoms with van der Waals surface area (Å²) in [6.45, 7) is -0.190. The minimum absolute atomic E-state index is 0.0588. The molecule has 1 amide bonds. The van der Waals surface area contributed by atoms with E-state index in [4.69, 9.17) is 5.26 Å². The van der Waals surface area contributed by atoms with E-state index in [0.717, 1.165) is 4.90 Å². The predicted molar refractivity (Wildman–Crippen MR) is 62.9 cm³/mol. The first-order valence-corrected chi connectivity index (χ1v) is 5.94. The van der Waals surface area contributed by atoms with Crippen molar-refractivity contribution in [3.8, 4) is 11.8 Å². The summed E-state index contributed by atoms with van der Waals surface area (Å²) in [7, 11) is 0. The lowest BCUT2D eigenvalue weighted by molar-refractivity contribution is -0.185. The average Bonchev–Trinajstić information content (AvgIpc) is 2.60. The standard InChI is InChI=1S/C13H11F3N2O2/c14-13(15,16)12(20)18-5-3-8-1-2-9(7-17)11(19)10(8)4-6-18/h1-2,19H,3-6H2. The maximum Gasteiger partial charge on any atom is 0.471 e. The molecule has 0 bridgehead atoms. The van der Waals surface area contributed by atoms with Gasteiger partial charge in [0, 0.05) is 18.7 Å². The summed E-state index contributed by atoms with van der Waals surface area (Å²) < 4.78 is 37.2. The molecule has 1 aliphatic heterocycles. The van der Waals surface area contributed by atoms with Gasteiger partial charge in [0.2, 0.25) is 0 Å². The maximum absolute atomic E-state index is 12.4. The number of rotatable bonds is 0. The van der Waals surface area contributed by atoms with Gasteiger partial charge in [-0.25, -0.2) is 0 Å². The molecule has 1 heterocycles. The van der Waals surface area contributed by atoms with Crippen LogP contribution in [0.5, 0.6) is 5.75 Å². The highest BCUT2D eigenvalue weighted by Gasteiger charge is 2.42. The van der Waals surface area contributed by atoms with E-state index >= 15 is 0 Å². The van der Waals surface area contributed by atoms with E-state index in [2.05, 4.69) is 0 Å². The normalized spacial score (nSPS) is 15.2. The lowest BCUT2D eigenvalue weighted by Gasteiger charge is -2.21. The Morgan fingerprint density at radius 2 is 1.95 bits per heavy atom. The first-order valence-electron chi connectivity index (χ1n) is 5.94. The van der Waals surface area contributed by atoms with Gasteiger partial charge in [0.25, 0.3) is 0 Å². The van der Waals surface area contributed by atoms with Gasteiger partial charge in [0.1, 0.15) is 11.8 Å². The van der Waals surface area contributed by atoms with Crippen molar-refractivity contribution < 1.29 is 23.1 Å². The molecule has 1 aromatic carbocycles. The van der Waals surface area contributed by atoms with E-state index < -0.39 is 12.1 Å². The van der Waals surface area contributed by atoms with Gasteiger partial charge in [-0.15, -0.1) is 0 Å². The summed E-state index contributed by atoms with van der Waals surface area (Å²) in [5, 5.41) is 18.7. The second kappa shape index (κ2) is 5.04. The number of fused-ring (bicyclic) bond motifs is 1. The zero-order valence-electron chi connectivity index (χ0n) is 10.4. The molecule has 0 spiro atoms. The third kappa shape index (κ3) is 2.54. The Labute approximate surface area is 113 Å². The molecule has 1 aliphatic rings. The number of amides is 1. The first-order chi connectivity index (χ1) is 9.34. The van der Waals surface area contributed by atoms with Crippen molar-refractivity contribution in [2.24, 2.45) is 0 Å². The lowest BCUT2D eigenvalue weighted by atomic mass is 9.99. The second-order valence-corrected chi connectivity index (χ2v) is 4.50. The second-order valence-electron chi connectivity index (χ2n) is 4.50. The van der Waals surface area contributed by atoms with Crippen molar-refractivity contribution in [1.29, 1.82) is 5.26 Å². The van der Waals surface area contributed by atoms with Gasteiger partial charge in [-0.2, -0.15) is 18.4 Å². The van der Waals surface area contributed by atoms with Crippen LogP contribution in [0, 0.1) is 11.3 Å². The number of phenolic OH excluding ortho intramolecular Hbond substituents is 1. The number of nitriles is 1. The number of alkyl halides is 3. The average molecular weight is 284 g/mol. The minimum Gasteiger partial charge on any atom is -0.506 e. The molecule has 0 aromatic heterocycles. The smallest absolute Gasteiger partial charge is 0.471 e. The summed E-state index contributed by atoms with van der Waals surface area (Å²) >= 11 is 0. The quantitative estimate of drug-likeness (QED) is 0.789. The van der Waals surface area contributed by atoms with Crippen molar-refractivity contribution >= 4 is 5.91 Å². The number of nitrogens with zero attached hydrogens (tertiary/aromatic N) is 2. The van der Waals surface area contributed by atoms with E-state index in [1.54, 1.807) is 6.07 Å². The van der Waals surface area contributed by atoms with Gasteiger partial charge in [0.15, 0.2) is 0 Å². The number of carbonyl (C=O) groups is 1. The summed E-state index contributed by atoms with van der Waals surface area (Å²) in [6.07, 6.45) is -4.58. The summed E-state index contributed by atoms with van der Waals surface area (Å²) in [5.41, 5.74) is 1.19. The predicted octanol–water partition coefficient (Wildman–Crippen LogP) is 1.75. The van der Waals surface area contributed by atoms with Gasteiger partial charge >= 0.3 is 12.1 Å². The molecular weight excluding hydrogens is 273 g/mol. The molecule has 20 heavy (non-hydrogen) atoms. The van der Waals surface area contributed by atoms with Crippen LogP contribution < -0.4 is 0 Å². The number of halogens is 3. The van der Waals surface area contributed by atoms with Crippen LogP contribution in [-0.2, 0) is 17.6 Å². The summed E-state index contributed by atoms with van der Waals surface area (Å²) in [4.78, 5) is 11.9. The fourth-order valence-corrected chi connectivity index (χ4v) is 2.28. The number of aromatic hydroxyl groups is 1. The number of phenols is 1. The summed E-state index contributed by atoms with van der Waals surface area (Å²) in [5.74, 6) is -2.07. The lowest BCUT2D eigenvalue weighted by Crippen LogP contribution is -2.42. The molecule has 1 N–H and O–H groups in total. The number of hydrogen-bond acceptors (Lipinski definition) is 3. The molecule has 0 aliphatic carbocycles. The number of hydrogen-bond donors (Lipinski definition) is 1. The van der Waals surface area contributed by atoms with E-state index in [0.29, 0.717) is 11.1 Å². The Hall–Kier alpha value is -2.23. The van der Waals surface area contributed by atoms with Crippen LogP contribution in [-0.4, -0.2) is 35.2 Å². The number of carbonyl (C=O) groups excluding carboxylic acids is 1. The number of benzene rings is 1. The molecule has 0 saturated carbocycles. The Balaban J connectivity index is 2.26. The minimum atomic E-state index is -4.89. The van der Waals surface area contributed by atoms with Gasteiger partial charge in [-0.05, 0) is 24.5 Å². The highest BCUT2D eigenvalue weighted by atomic mass is 19.4. The van der Waals surface area contributed by atoms with Crippen LogP contribution in [0.25, 0.3) is 0 Å². The molecule has 2 rings (SSSR count). The largest absolute Gasteiger partial charge is 0.506 e. The van der Waals surface area contributed by atoms with E-state index in [9.17, 15) is 23.1 Å². The Morgan fingerprint density at radius 3 is 2.55 bits per heavy atom. The van der Waals surface area contributed by atoms with Crippen LogP contribution in [0.1, 0.15) is 16.7 Å². The molecule has 1 aromatic rings. The highest BCUT2D eigenvalue weighted by Crippen LogP contribution is 2.29. The molecular formula is C13H11F3N2O2. The molecule has 0 atom stereocenters. The molecule has 4 nitrogen and oxygen atoms in total. The van der Waals surface area contributed by atoms with Crippen LogP contribution >= 0.6 is 0 Å². The summed E-state index contributed by atoms with van der Waals surface area (Å²) in [6, 6.07) is 4.85. The van der Waals surface area contributed by atoms with Crippen molar-refractivity contribution in [3.05, 3.63) is 28.8 Å². The first kappa shape index (κ1) is 14.2. The van der Waals surface area contributed by atoms with E-state index in [-0.39, 0.29) is 37.2 Å². The van der Waals surface area contributed by atoms with Crippen molar-refractivity contribution in [2.45, 2.75) is 19.0 Å². The Bertz CT molecular complexity index is 591. The maximum atomic E-state index is 12.4. The molecule has 0 radical (unpaired) electrons. The topological polar surface area (TPSA) is 64.3 Å².